The maximum absolute atomic E-state index is 5.74. The zero-order valence-electron chi connectivity index (χ0n) is 10.1. The molecule has 2 aliphatic heterocycles. The second-order valence-corrected chi connectivity index (χ2v) is 4.67. The smallest absolute Gasteiger partial charge is 0.186 e. The normalized spacial score (nSPS) is 23.2. The fourth-order valence-corrected chi connectivity index (χ4v) is 2.48. The molecule has 17 heavy (non-hydrogen) atoms. The van der Waals surface area contributed by atoms with Crippen LogP contribution in [0.1, 0.15) is 18.5 Å². The van der Waals surface area contributed by atoms with Crippen molar-refractivity contribution in [2.45, 2.75) is 25.6 Å². The number of nitrogens with zero attached hydrogens (tertiary/aromatic N) is 3. The summed E-state index contributed by atoms with van der Waals surface area (Å²) in [5.41, 5.74) is 0.939. The quantitative estimate of drug-likeness (QED) is 0.730. The van der Waals surface area contributed by atoms with E-state index in [2.05, 4.69) is 15.1 Å². The zero-order valence-corrected chi connectivity index (χ0v) is 10.1. The number of rotatable bonds is 1. The zero-order chi connectivity index (χ0) is 11.7. The van der Waals surface area contributed by atoms with Gasteiger partial charge in [0.15, 0.2) is 11.6 Å². The van der Waals surface area contributed by atoms with E-state index >= 15 is 0 Å². The third-order valence-electron chi connectivity index (χ3n) is 3.34. The Labute approximate surface area is 101 Å². The van der Waals surface area contributed by atoms with E-state index in [0.717, 1.165) is 37.4 Å². The van der Waals surface area contributed by atoms with Gasteiger partial charge in [0.25, 0.3) is 0 Å². The van der Waals surface area contributed by atoms with E-state index in [1.807, 2.05) is 19.1 Å². The summed E-state index contributed by atoms with van der Waals surface area (Å²) in [5.74, 6) is 0.513. The number of hydrogen-bond acceptors (Lipinski definition) is 5. The average Bonchev–Trinajstić information content (AvgIpc) is 2.78. The first-order valence-electron chi connectivity index (χ1n) is 6.11. The Hall–Kier alpha value is -1.20. The summed E-state index contributed by atoms with van der Waals surface area (Å²) in [5, 5.41) is 8.32. The van der Waals surface area contributed by atoms with Gasteiger partial charge in [-0.1, -0.05) is 0 Å². The second kappa shape index (κ2) is 4.23. The van der Waals surface area contributed by atoms with E-state index in [1.54, 1.807) is 0 Å². The molecule has 3 rings (SSSR count). The van der Waals surface area contributed by atoms with Crippen LogP contribution in [0.4, 0.5) is 5.82 Å². The largest absolute Gasteiger partial charge is 0.350 e. The number of piperidine rings is 1. The number of aryl methyl sites for hydroxylation is 1. The van der Waals surface area contributed by atoms with E-state index < -0.39 is 5.79 Å². The number of ether oxygens (including phenoxy) is 2. The molecule has 0 radical (unpaired) electrons. The van der Waals surface area contributed by atoms with Crippen LogP contribution in [0.2, 0.25) is 0 Å². The summed E-state index contributed by atoms with van der Waals surface area (Å²) in [6.45, 7) is 5.09. The molecule has 0 bridgehead atoms. The van der Waals surface area contributed by atoms with E-state index in [-0.39, 0.29) is 0 Å². The van der Waals surface area contributed by atoms with Gasteiger partial charge in [-0.05, 0) is 25.5 Å². The van der Waals surface area contributed by atoms with E-state index in [9.17, 15) is 0 Å². The van der Waals surface area contributed by atoms with Crippen molar-refractivity contribution in [1.29, 1.82) is 0 Å². The molecule has 0 N–H and O–H groups in total. The highest BCUT2D eigenvalue weighted by Crippen LogP contribution is 2.31. The Morgan fingerprint density at radius 3 is 2.76 bits per heavy atom. The lowest BCUT2D eigenvalue weighted by Crippen LogP contribution is -2.49. The molecular weight excluding hydrogens is 218 g/mol. The van der Waals surface area contributed by atoms with Crippen LogP contribution in [-0.2, 0) is 9.47 Å². The van der Waals surface area contributed by atoms with Gasteiger partial charge in [-0.15, -0.1) is 5.10 Å². The van der Waals surface area contributed by atoms with Crippen LogP contribution in [0.3, 0.4) is 0 Å². The van der Waals surface area contributed by atoms with Crippen LogP contribution in [0.5, 0.6) is 0 Å². The van der Waals surface area contributed by atoms with Gasteiger partial charge in [0, 0.05) is 13.0 Å². The van der Waals surface area contributed by atoms with Crippen molar-refractivity contribution in [3.63, 3.8) is 0 Å². The Morgan fingerprint density at radius 2 is 2.06 bits per heavy atom. The van der Waals surface area contributed by atoms with Crippen molar-refractivity contribution in [1.82, 2.24) is 10.2 Å². The van der Waals surface area contributed by atoms with E-state index in [4.69, 9.17) is 9.47 Å². The number of anilines is 1. The fraction of sp³-hybridized carbons (Fsp3) is 0.667. The molecule has 1 aromatic heterocycles. The minimum Gasteiger partial charge on any atom is -0.350 e. The van der Waals surface area contributed by atoms with Crippen molar-refractivity contribution >= 4 is 5.82 Å². The third-order valence-corrected chi connectivity index (χ3v) is 3.34. The van der Waals surface area contributed by atoms with Crippen molar-refractivity contribution in [3.8, 4) is 0 Å². The lowest BCUT2D eigenvalue weighted by Gasteiger charge is -2.38. The maximum atomic E-state index is 5.74. The van der Waals surface area contributed by atoms with Gasteiger partial charge in [-0.25, -0.2) is 0 Å². The SMILES string of the molecule is Cc1ccc(N2CCCC3(C2)OCCO3)nn1. The van der Waals surface area contributed by atoms with E-state index in [0.29, 0.717) is 13.2 Å². The predicted molar refractivity (Wildman–Crippen MR) is 62.9 cm³/mol. The molecule has 1 aromatic rings. The molecular formula is C12H17N3O2. The highest BCUT2D eigenvalue weighted by atomic mass is 16.7. The first-order chi connectivity index (χ1) is 8.27. The van der Waals surface area contributed by atoms with Crippen molar-refractivity contribution in [3.05, 3.63) is 17.8 Å². The summed E-state index contributed by atoms with van der Waals surface area (Å²) in [7, 11) is 0. The lowest BCUT2D eigenvalue weighted by atomic mass is 10.0. The molecule has 0 saturated carbocycles. The minimum absolute atomic E-state index is 0.398. The molecule has 5 heteroatoms. The van der Waals surface area contributed by atoms with Crippen LogP contribution in [0.25, 0.3) is 0 Å². The predicted octanol–water partition coefficient (Wildman–Crippen LogP) is 1.13. The summed E-state index contributed by atoms with van der Waals surface area (Å²) in [4.78, 5) is 2.20. The molecule has 1 spiro atoms. The molecule has 2 fully saturated rings. The average molecular weight is 235 g/mol. The number of hydrogen-bond donors (Lipinski definition) is 0. The van der Waals surface area contributed by atoms with Crippen LogP contribution in [-0.4, -0.2) is 42.3 Å². The molecule has 92 valence electrons. The second-order valence-electron chi connectivity index (χ2n) is 4.67. The van der Waals surface area contributed by atoms with Crippen LogP contribution in [0.15, 0.2) is 12.1 Å². The Morgan fingerprint density at radius 1 is 1.24 bits per heavy atom. The Bertz CT molecular complexity index is 387. The first-order valence-corrected chi connectivity index (χ1v) is 6.11. The summed E-state index contributed by atoms with van der Waals surface area (Å²) >= 11 is 0. The molecule has 0 unspecified atom stereocenters. The maximum Gasteiger partial charge on any atom is 0.186 e. The monoisotopic (exact) mass is 235 g/mol. The molecule has 2 aliphatic rings. The van der Waals surface area contributed by atoms with Gasteiger partial charge >= 0.3 is 0 Å². The Kier molecular flexibility index (Phi) is 2.72. The van der Waals surface area contributed by atoms with Crippen molar-refractivity contribution < 1.29 is 9.47 Å². The molecule has 0 atom stereocenters. The van der Waals surface area contributed by atoms with Crippen LogP contribution < -0.4 is 4.90 Å². The fourth-order valence-electron chi connectivity index (χ4n) is 2.48. The molecule has 0 aliphatic carbocycles. The molecule has 0 amide bonds. The Balaban J connectivity index is 1.77. The van der Waals surface area contributed by atoms with Crippen LogP contribution >= 0.6 is 0 Å². The van der Waals surface area contributed by atoms with Crippen molar-refractivity contribution in [2.75, 3.05) is 31.2 Å². The van der Waals surface area contributed by atoms with Gasteiger partial charge in [0.1, 0.15) is 0 Å². The molecule has 0 aromatic carbocycles. The molecule has 3 heterocycles. The van der Waals surface area contributed by atoms with Gasteiger partial charge in [0.2, 0.25) is 0 Å². The highest BCUT2D eigenvalue weighted by molar-refractivity contribution is 5.38. The molecule has 5 nitrogen and oxygen atoms in total. The number of aromatic nitrogens is 2. The van der Waals surface area contributed by atoms with Crippen LogP contribution in [0, 0.1) is 6.92 Å². The molecule has 2 saturated heterocycles. The standard InChI is InChI=1S/C12H17N3O2/c1-10-3-4-11(14-13-10)15-6-2-5-12(9-15)16-7-8-17-12/h3-4H,2,5-9H2,1H3. The van der Waals surface area contributed by atoms with Crippen molar-refractivity contribution in [2.24, 2.45) is 0 Å². The summed E-state index contributed by atoms with van der Waals surface area (Å²) in [6.07, 6.45) is 2.04. The topological polar surface area (TPSA) is 47.5 Å². The van der Waals surface area contributed by atoms with Gasteiger partial charge < -0.3 is 14.4 Å². The summed E-state index contributed by atoms with van der Waals surface area (Å²) < 4.78 is 11.5. The summed E-state index contributed by atoms with van der Waals surface area (Å²) in [6, 6.07) is 4.00. The third kappa shape index (κ3) is 2.12. The van der Waals surface area contributed by atoms with Gasteiger partial charge in [-0.3, -0.25) is 0 Å². The lowest BCUT2D eigenvalue weighted by molar-refractivity contribution is -0.161. The minimum atomic E-state index is -0.398. The van der Waals surface area contributed by atoms with E-state index in [1.165, 1.54) is 0 Å². The first kappa shape index (κ1) is 10.9. The van der Waals surface area contributed by atoms with Gasteiger partial charge in [-0.2, -0.15) is 5.10 Å². The van der Waals surface area contributed by atoms with Gasteiger partial charge in [0.05, 0.1) is 25.5 Å². The highest BCUT2D eigenvalue weighted by Gasteiger charge is 2.41.